The number of aryl methyl sites for hydroxylation is 1. The van der Waals surface area contributed by atoms with E-state index in [9.17, 15) is 0 Å². The standard InChI is InChI=1S/C22H20N6/c1-14-10-16-2-3-17(11-20(16)26-14)22-23-9-8-21(28-22)27-19-6-4-15(5-7-19)18-12-24-25-13-18/h2-7,10-13,26H,8-9H2,1H3,(H,24,25)(H,23,27,28). The molecule has 0 atom stereocenters. The van der Waals surface area contributed by atoms with E-state index in [-0.39, 0.29) is 0 Å². The van der Waals surface area contributed by atoms with Gasteiger partial charge < -0.3 is 10.3 Å². The van der Waals surface area contributed by atoms with Crippen LogP contribution in [0.25, 0.3) is 22.0 Å². The molecule has 2 aromatic carbocycles. The third-order valence-electron chi connectivity index (χ3n) is 4.87. The van der Waals surface area contributed by atoms with Gasteiger partial charge in [-0.05, 0) is 42.1 Å². The van der Waals surface area contributed by atoms with Gasteiger partial charge in [0.2, 0.25) is 0 Å². The van der Waals surface area contributed by atoms with Crippen LogP contribution in [0.5, 0.6) is 0 Å². The number of benzene rings is 2. The van der Waals surface area contributed by atoms with Crippen LogP contribution in [0.3, 0.4) is 0 Å². The number of H-pyrrole nitrogens is 2. The molecule has 0 fully saturated rings. The molecule has 138 valence electrons. The van der Waals surface area contributed by atoms with E-state index in [0.29, 0.717) is 0 Å². The normalized spacial score (nSPS) is 14.0. The lowest BCUT2D eigenvalue weighted by Gasteiger charge is -2.15. The Morgan fingerprint density at radius 2 is 1.82 bits per heavy atom. The van der Waals surface area contributed by atoms with Crippen LogP contribution in [0, 0.1) is 6.92 Å². The van der Waals surface area contributed by atoms with Crippen molar-refractivity contribution in [2.45, 2.75) is 13.3 Å². The van der Waals surface area contributed by atoms with Gasteiger partial charge in [0, 0.05) is 47.2 Å². The van der Waals surface area contributed by atoms with Crippen molar-refractivity contribution in [2.75, 3.05) is 11.9 Å². The molecule has 0 saturated carbocycles. The van der Waals surface area contributed by atoms with Gasteiger partial charge in [-0.3, -0.25) is 10.1 Å². The molecule has 0 amide bonds. The lowest BCUT2D eigenvalue weighted by atomic mass is 10.1. The third kappa shape index (κ3) is 3.20. The Hall–Kier alpha value is -3.67. The van der Waals surface area contributed by atoms with Crippen LogP contribution in [0.1, 0.15) is 17.7 Å². The first kappa shape index (κ1) is 16.5. The van der Waals surface area contributed by atoms with Gasteiger partial charge in [0.05, 0.1) is 6.20 Å². The number of hydrogen-bond acceptors (Lipinski definition) is 4. The zero-order chi connectivity index (χ0) is 18.9. The lowest BCUT2D eigenvalue weighted by Crippen LogP contribution is -2.20. The summed E-state index contributed by atoms with van der Waals surface area (Å²) in [5.41, 5.74) is 6.52. The van der Waals surface area contributed by atoms with Crippen LogP contribution in [-0.2, 0) is 0 Å². The summed E-state index contributed by atoms with van der Waals surface area (Å²) in [5, 5.41) is 11.5. The minimum Gasteiger partial charge on any atom is -0.359 e. The Morgan fingerprint density at radius 3 is 2.64 bits per heavy atom. The fourth-order valence-corrected chi connectivity index (χ4v) is 3.47. The highest BCUT2D eigenvalue weighted by Gasteiger charge is 2.12. The predicted octanol–water partition coefficient (Wildman–Crippen LogP) is 4.53. The number of amidine groups is 2. The average molecular weight is 368 g/mol. The Bertz CT molecular complexity index is 1180. The molecule has 0 spiro atoms. The van der Waals surface area contributed by atoms with E-state index in [1.807, 2.05) is 12.4 Å². The molecule has 0 bridgehead atoms. The minimum absolute atomic E-state index is 0.732. The van der Waals surface area contributed by atoms with E-state index in [1.165, 1.54) is 5.39 Å². The quantitative estimate of drug-likeness (QED) is 0.497. The number of aromatic nitrogens is 3. The second kappa shape index (κ2) is 6.81. The highest BCUT2D eigenvalue weighted by atomic mass is 15.1. The van der Waals surface area contributed by atoms with Gasteiger partial charge in [-0.2, -0.15) is 5.10 Å². The molecule has 1 aliphatic rings. The summed E-state index contributed by atoms with van der Waals surface area (Å²) in [6, 6.07) is 16.7. The molecule has 3 N–H and O–H groups in total. The van der Waals surface area contributed by atoms with Gasteiger partial charge in [-0.1, -0.05) is 24.3 Å². The van der Waals surface area contributed by atoms with Crippen LogP contribution < -0.4 is 5.32 Å². The first-order chi connectivity index (χ1) is 13.7. The molecule has 5 rings (SSSR count). The summed E-state index contributed by atoms with van der Waals surface area (Å²) >= 11 is 0. The summed E-state index contributed by atoms with van der Waals surface area (Å²) < 4.78 is 0. The SMILES string of the molecule is Cc1cc2ccc(C3=NCCC(Nc4ccc(-c5cn[nH]c5)cc4)=N3)cc2[nH]1. The second-order valence-electron chi connectivity index (χ2n) is 6.96. The largest absolute Gasteiger partial charge is 0.359 e. The number of aromatic amines is 2. The number of aliphatic imine (C=N–C) groups is 2. The Labute approximate surface area is 162 Å². The maximum Gasteiger partial charge on any atom is 0.156 e. The molecule has 28 heavy (non-hydrogen) atoms. The monoisotopic (exact) mass is 368 g/mol. The van der Waals surface area contributed by atoms with Gasteiger partial charge >= 0.3 is 0 Å². The molecule has 0 aliphatic carbocycles. The van der Waals surface area contributed by atoms with E-state index in [2.05, 4.69) is 80.9 Å². The van der Waals surface area contributed by atoms with Crippen molar-refractivity contribution >= 4 is 28.3 Å². The van der Waals surface area contributed by atoms with Crippen LogP contribution in [0.4, 0.5) is 5.69 Å². The molecule has 6 heteroatoms. The number of fused-ring (bicyclic) bond motifs is 1. The van der Waals surface area contributed by atoms with Gasteiger partial charge in [-0.25, -0.2) is 4.99 Å². The number of hydrogen-bond donors (Lipinski definition) is 3. The second-order valence-corrected chi connectivity index (χ2v) is 6.96. The van der Waals surface area contributed by atoms with Gasteiger partial charge in [0.15, 0.2) is 5.84 Å². The molecule has 1 aliphatic heterocycles. The van der Waals surface area contributed by atoms with Crippen molar-refractivity contribution < 1.29 is 0 Å². The summed E-state index contributed by atoms with van der Waals surface area (Å²) in [6.07, 6.45) is 4.51. The number of nitrogens with one attached hydrogen (secondary N) is 3. The molecule has 0 unspecified atom stereocenters. The van der Waals surface area contributed by atoms with Gasteiger partial charge in [0.1, 0.15) is 5.84 Å². The zero-order valence-electron chi connectivity index (χ0n) is 15.5. The molecule has 0 saturated heterocycles. The average Bonchev–Trinajstić information content (AvgIpc) is 3.37. The van der Waals surface area contributed by atoms with Crippen LogP contribution in [0.2, 0.25) is 0 Å². The number of anilines is 1. The van der Waals surface area contributed by atoms with E-state index in [4.69, 9.17) is 4.99 Å². The highest BCUT2D eigenvalue weighted by Crippen LogP contribution is 2.21. The van der Waals surface area contributed by atoms with Crippen molar-refractivity contribution in [3.63, 3.8) is 0 Å². The van der Waals surface area contributed by atoms with Gasteiger partial charge in [-0.15, -0.1) is 0 Å². The Kier molecular flexibility index (Phi) is 4.01. The summed E-state index contributed by atoms with van der Waals surface area (Å²) in [5.74, 6) is 1.71. The molecule has 0 radical (unpaired) electrons. The molecule has 4 aromatic rings. The Balaban J connectivity index is 1.36. The summed E-state index contributed by atoms with van der Waals surface area (Å²) in [7, 11) is 0. The molecular formula is C22H20N6. The third-order valence-corrected chi connectivity index (χ3v) is 4.87. The fraction of sp³-hybridized carbons (Fsp3) is 0.136. The van der Waals surface area contributed by atoms with Crippen molar-refractivity contribution in [2.24, 2.45) is 9.98 Å². The molecule has 2 aromatic heterocycles. The lowest BCUT2D eigenvalue weighted by molar-refractivity contribution is 1.01. The Morgan fingerprint density at radius 1 is 0.964 bits per heavy atom. The first-order valence-electron chi connectivity index (χ1n) is 9.33. The number of nitrogens with zero attached hydrogens (tertiary/aromatic N) is 3. The van der Waals surface area contributed by atoms with Crippen LogP contribution in [-0.4, -0.2) is 33.4 Å². The topological polar surface area (TPSA) is 81.2 Å². The van der Waals surface area contributed by atoms with E-state index in [0.717, 1.165) is 58.2 Å². The van der Waals surface area contributed by atoms with Crippen molar-refractivity contribution in [3.05, 3.63) is 72.2 Å². The minimum atomic E-state index is 0.732. The van der Waals surface area contributed by atoms with E-state index in [1.54, 1.807) is 0 Å². The maximum absolute atomic E-state index is 4.76. The molecule has 6 nitrogen and oxygen atoms in total. The molecule has 3 heterocycles. The van der Waals surface area contributed by atoms with Gasteiger partial charge in [0.25, 0.3) is 0 Å². The number of rotatable bonds is 3. The summed E-state index contributed by atoms with van der Waals surface area (Å²) in [4.78, 5) is 12.8. The van der Waals surface area contributed by atoms with Crippen molar-refractivity contribution in [3.8, 4) is 11.1 Å². The van der Waals surface area contributed by atoms with E-state index < -0.39 is 0 Å². The van der Waals surface area contributed by atoms with Crippen molar-refractivity contribution in [1.82, 2.24) is 15.2 Å². The molecular weight excluding hydrogens is 348 g/mol. The maximum atomic E-state index is 4.76. The fourth-order valence-electron chi connectivity index (χ4n) is 3.47. The summed E-state index contributed by atoms with van der Waals surface area (Å²) in [6.45, 7) is 2.80. The predicted molar refractivity (Wildman–Crippen MR) is 114 cm³/mol. The van der Waals surface area contributed by atoms with Crippen molar-refractivity contribution in [1.29, 1.82) is 0 Å². The zero-order valence-corrected chi connectivity index (χ0v) is 15.5. The smallest absolute Gasteiger partial charge is 0.156 e. The van der Waals surface area contributed by atoms with Crippen LogP contribution >= 0.6 is 0 Å². The van der Waals surface area contributed by atoms with Crippen LogP contribution in [0.15, 0.2) is 70.9 Å². The first-order valence-corrected chi connectivity index (χ1v) is 9.33. The van der Waals surface area contributed by atoms with E-state index >= 15 is 0 Å². The highest BCUT2D eigenvalue weighted by molar-refractivity contribution is 6.12.